The van der Waals surface area contributed by atoms with Crippen LogP contribution in [0.2, 0.25) is 0 Å². The minimum Gasteiger partial charge on any atom is -0.336 e. The summed E-state index contributed by atoms with van der Waals surface area (Å²) in [5.74, 6) is 1.31. The predicted octanol–water partition coefficient (Wildman–Crippen LogP) is 4.51. The van der Waals surface area contributed by atoms with Crippen LogP contribution in [0.1, 0.15) is 18.0 Å². The number of fused-ring (bicyclic) bond motifs is 1. The highest BCUT2D eigenvalue weighted by atomic mass is 15.3. The molecule has 1 atom stereocenters. The van der Waals surface area contributed by atoms with E-state index in [1.807, 2.05) is 65.1 Å². The second kappa shape index (κ2) is 9.44. The van der Waals surface area contributed by atoms with Crippen molar-refractivity contribution in [2.24, 2.45) is 7.05 Å². The van der Waals surface area contributed by atoms with Gasteiger partial charge in [0.25, 0.3) is 0 Å². The fraction of sp³-hybridized carbons (Fsp3) is 0.231. The second-order valence-electron chi connectivity index (χ2n) is 8.64. The smallest absolute Gasteiger partial charge is 0.165 e. The molecule has 3 heterocycles. The molecular formula is C26H28N8. The van der Waals surface area contributed by atoms with Crippen LogP contribution in [0.5, 0.6) is 0 Å². The van der Waals surface area contributed by atoms with Gasteiger partial charge in [-0.1, -0.05) is 60.7 Å². The van der Waals surface area contributed by atoms with Crippen LogP contribution in [0, 0.1) is 0 Å². The van der Waals surface area contributed by atoms with Gasteiger partial charge >= 0.3 is 0 Å². The van der Waals surface area contributed by atoms with Gasteiger partial charge in [0.2, 0.25) is 0 Å². The Bertz CT molecular complexity index is 1370. The standard InChI is InChI=1S/C26H28N8/c1-32(2)15-14-22(19-10-6-4-7-11-19)34-17-21(16-28-34)29-25-23-26(33(3)18-27-23)31-24(30-25)20-12-8-5-9-13-20/h4-13,16-18,22H,14-15H2,1-3H3,(H,29,30,31). The summed E-state index contributed by atoms with van der Waals surface area (Å²) in [6.07, 6.45) is 6.58. The molecule has 1 N–H and O–H groups in total. The molecule has 0 aliphatic carbocycles. The molecule has 172 valence electrons. The SMILES string of the molecule is CN(C)CCC(c1ccccc1)n1cc(Nc2nc(-c3ccccc3)nc3c2ncn3C)cn1. The summed E-state index contributed by atoms with van der Waals surface area (Å²) in [6, 6.07) is 20.6. The molecule has 3 aromatic heterocycles. The van der Waals surface area contributed by atoms with Gasteiger partial charge in [-0.15, -0.1) is 0 Å². The van der Waals surface area contributed by atoms with E-state index in [4.69, 9.17) is 15.1 Å². The third-order valence-corrected chi connectivity index (χ3v) is 5.81. The molecule has 0 bridgehead atoms. The van der Waals surface area contributed by atoms with Crippen molar-refractivity contribution in [1.29, 1.82) is 0 Å². The number of nitrogens with one attached hydrogen (secondary N) is 1. The van der Waals surface area contributed by atoms with Crippen molar-refractivity contribution >= 4 is 22.7 Å². The number of aryl methyl sites for hydroxylation is 1. The third-order valence-electron chi connectivity index (χ3n) is 5.81. The normalized spacial score (nSPS) is 12.4. The van der Waals surface area contributed by atoms with Gasteiger partial charge in [-0.3, -0.25) is 4.68 Å². The number of hydrogen-bond acceptors (Lipinski definition) is 6. The van der Waals surface area contributed by atoms with Crippen molar-refractivity contribution in [2.45, 2.75) is 12.5 Å². The number of aromatic nitrogens is 6. The van der Waals surface area contributed by atoms with Gasteiger partial charge in [-0.2, -0.15) is 5.10 Å². The molecule has 0 aliphatic heterocycles. The van der Waals surface area contributed by atoms with Gasteiger partial charge in [-0.05, 0) is 32.6 Å². The van der Waals surface area contributed by atoms with Crippen molar-refractivity contribution in [1.82, 2.24) is 34.2 Å². The Balaban J connectivity index is 1.49. The van der Waals surface area contributed by atoms with E-state index >= 15 is 0 Å². The molecular weight excluding hydrogens is 424 g/mol. The van der Waals surface area contributed by atoms with Crippen LogP contribution >= 0.6 is 0 Å². The van der Waals surface area contributed by atoms with E-state index in [2.05, 4.69) is 53.6 Å². The van der Waals surface area contributed by atoms with Crippen molar-refractivity contribution in [3.8, 4) is 11.4 Å². The van der Waals surface area contributed by atoms with Crippen molar-refractivity contribution < 1.29 is 0 Å². The zero-order valence-electron chi connectivity index (χ0n) is 19.6. The molecule has 0 spiro atoms. The zero-order valence-corrected chi connectivity index (χ0v) is 19.6. The van der Waals surface area contributed by atoms with E-state index in [9.17, 15) is 0 Å². The summed E-state index contributed by atoms with van der Waals surface area (Å²) in [5, 5.41) is 8.14. The lowest BCUT2D eigenvalue weighted by atomic mass is 10.0. The monoisotopic (exact) mass is 452 g/mol. The largest absolute Gasteiger partial charge is 0.336 e. The first kappa shape index (κ1) is 21.8. The Hall–Kier alpha value is -4.04. The quantitative estimate of drug-likeness (QED) is 0.373. The number of benzene rings is 2. The lowest BCUT2D eigenvalue weighted by Gasteiger charge is -2.20. The molecule has 0 saturated carbocycles. The molecule has 0 aliphatic rings. The molecule has 34 heavy (non-hydrogen) atoms. The average molecular weight is 453 g/mol. The summed E-state index contributed by atoms with van der Waals surface area (Å²) in [5.41, 5.74) is 4.55. The Labute approximate surface area is 198 Å². The van der Waals surface area contributed by atoms with Crippen LogP contribution in [0.4, 0.5) is 11.5 Å². The summed E-state index contributed by atoms with van der Waals surface area (Å²) in [6.45, 7) is 0.961. The van der Waals surface area contributed by atoms with Crippen LogP contribution < -0.4 is 5.32 Å². The lowest BCUT2D eigenvalue weighted by Crippen LogP contribution is -2.20. The highest BCUT2D eigenvalue weighted by molar-refractivity contribution is 5.87. The molecule has 0 saturated heterocycles. The first-order valence-corrected chi connectivity index (χ1v) is 11.3. The van der Waals surface area contributed by atoms with Crippen molar-refractivity contribution in [2.75, 3.05) is 26.0 Å². The van der Waals surface area contributed by atoms with Crippen LogP contribution in [-0.4, -0.2) is 54.8 Å². The Morgan fingerprint density at radius 2 is 1.71 bits per heavy atom. The Morgan fingerprint density at radius 3 is 2.44 bits per heavy atom. The van der Waals surface area contributed by atoms with Crippen LogP contribution in [0.25, 0.3) is 22.6 Å². The molecule has 5 aromatic rings. The summed E-state index contributed by atoms with van der Waals surface area (Å²) >= 11 is 0. The molecule has 2 aromatic carbocycles. The van der Waals surface area contributed by atoms with Gasteiger partial charge in [0.15, 0.2) is 22.8 Å². The van der Waals surface area contributed by atoms with Gasteiger partial charge in [0, 0.05) is 18.8 Å². The van der Waals surface area contributed by atoms with Gasteiger partial charge in [0.05, 0.1) is 24.3 Å². The number of imidazole rings is 1. The van der Waals surface area contributed by atoms with Gasteiger partial charge in [-0.25, -0.2) is 15.0 Å². The first-order chi connectivity index (χ1) is 16.6. The van der Waals surface area contributed by atoms with E-state index in [1.165, 1.54) is 5.56 Å². The maximum Gasteiger partial charge on any atom is 0.165 e. The first-order valence-electron chi connectivity index (χ1n) is 11.3. The molecule has 8 nitrogen and oxygen atoms in total. The van der Waals surface area contributed by atoms with Gasteiger partial charge in [0.1, 0.15) is 0 Å². The number of hydrogen-bond donors (Lipinski definition) is 1. The number of anilines is 2. The highest BCUT2D eigenvalue weighted by Crippen LogP contribution is 2.28. The van der Waals surface area contributed by atoms with E-state index < -0.39 is 0 Å². The summed E-state index contributed by atoms with van der Waals surface area (Å²) in [7, 11) is 6.12. The van der Waals surface area contributed by atoms with E-state index in [1.54, 1.807) is 6.33 Å². The third kappa shape index (κ3) is 4.53. The molecule has 1 unspecified atom stereocenters. The van der Waals surface area contributed by atoms with Crippen LogP contribution in [0.15, 0.2) is 79.4 Å². The van der Waals surface area contributed by atoms with Crippen molar-refractivity contribution in [3.63, 3.8) is 0 Å². The zero-order chi connectivity index (χ0) is 23.5. The minimum atomic E-state index is 0.138. The lowest BCUT2D eigenvalue weighted by molar-refractivity contribution is 0.357. The number of nitrogens with zero attached hydrogens (tertiary/aromatic N) is 7. The summed E-state index contributed by atoms with van der Waals surface area (Å²) < 4.78 is 3.93. The Morgan fingerprint density at radius 1 is 0.971 bits per heavy atom. The molecule has 5 rings (SSSR count). The van der Waals surface area contributed by atoms with E-state index in [0.717, 1.165) is 35.4 Å². The predicted molar refractivity (Wildman–Crippen MR) is 135 cm³/mol. The van der Waals surface area contributed by atoms with Gasteiger partial charge < -0.3 is 14.8 Å². The van der Waals surface area contributed by atoms with E-state index in [-0.39, 0.29) is 6.04 Å². The molecule has 8 heteroatoms. The fourth-order valence-electron chi connectivity index (χ4n) is 4.03. The Kier molecular flexibility index (Phi) is 6.05. The van der Waals surface area contributed by atoms with Crippen LogP contribution in [-0.2, 0) is 7.05 Å². The summed E-state index contributed by atoms with van der Waals surface area (Å²) in [4.78, 5) is 16.3. The second-order valence-corrected chi connectivity index (χ2v) is 8.64. The topological polar surface area (TPSA) is 76.7 Å². The maximum absolute atomic E-state index is 4.81. The highest BCUT2D eigenvalue weighted by Gasteiger charge is 2.17. The maximum atomic E-state index is 4.81. The fourth-order valence-corrected chi connectivity index (χ4v) is 4.03. The average Bonchev–Trinajstić information content (AvgIpc) is 3.47. The molecule has 0 amide bonds. The van der Waals surface area contributed by atoms with E-state index in [0.29, 0.717) is 11.6 Å². The number of rotatable bonds is 8. The molecule has 0 fully saturated rings. The van der Waals surface area contributed by atoms with Crippen molar-refractivity contribution in [3.05, 3.63) is 84.9 Å². The molecule has 0 radical (unpaired) electrons. The minimum absolute atomic E-state index is 0.138. The van der Waals surface area contributed by atoms with Crippen LogP contribution in [0.3, 0.4) is 0 Å².